The molecule has 0 aliphatic carbocycles. The van der Waals surface area contributed by atoms with Crippen molar-refractivity contribution in [1.82, 2.24) is 0 Å². The number of hydrogen-bond donors (Lipinski definition) is 0. The molecule has 0 radical (unpaired) electrons. The molecule has 0 aromatic heterocycles. The van der Waals surface area contributed by atoms with E-state index in [0.29, 0.717) is 59.8 Å². The van der Waals surface area contributed by atoms with Crippen LogP contribution in [0.2, 0.25) is 21.3 Å². The van der Waals surface area contributed by atoms with Gasteiger partial charge < -0.3 is 0 Å². The van der Waals surface area contributed by atoms with Gasteiger partial charge in [0.2, 0.25) is 0 Å². The van der Waals surface area contributed by atoms with Gasteiger partial charge in [-0.25, -0.2) is 0 Å². The van der Waals surface area contributed by atoms with Crippen LogP contribution in [0.3, 0.4) is 0 Å². The molecule has 0 atom stereocenters. The molecule has 0 N–H and O–H groups in total. The van der Waals surface area contributed by atoms with Crippen LogP contribution in [0.4, 0.5) is 0 Å². The fourth-order valence-corrected chi connectivity index (χ4v) is 8.48. The van der Waals surface area contributed by atoms with Crippen molar-refractivity contribution in [2.24, 2.45) is 0 Å². The third-order valence-corrected chi connectivity index (χ3v) is 10.1. The summed E-state index contributed by atoms with van der Waals surface area (Å²) in [4.78, 5) is 13.5. The molecule has 1 rings (SSSR count). The van der Waals surface area contributed by atoms with E-state index >= 15 is 0 Å². The average Bonchev–Trinajstić information content (AvgIpc) is 2.27. The summed E-state index contributed by atoms with van der Waals surface area (Å²) in [6.45, 7) is 0. The Labute approximate surface area is 119 Å². The SMILES string of the molecule is C1#C[Se]CC[Se]C#C[Se]CCCCC[Se]1. The topological polar surface area (TPSA) is 0 Å². The van der Waals surface area contributed by atoms with E-state index in [1.165, 1.54) is 40.5 Å². The van der Waals surface area contributed by atoms with Crippen LogP contribution in [0, 0.1) is 19.3 Å². The van der Waals surface area contributed by atoms with Crippen molar-refractivity contribution in [1.29, 1.82) is 0 Å². The third-order valence-electron chi connectivity index (χ3n) is 1.65. The summed E-state index contributed by atoms with van der Waals surface area (Å²) >= 11 is 2.43. The Morgan fingerprint density at radius 3 is 1.33 bits per heavy atom. The van der Waals surface area contributed by atoms with Gasteiger partial charge in [0.05, 0.1) is 0 Å². The predicted molar refractivity (Wildman–Crippen MR) is 71.6 cm³/mol. The van der Waals surface area contributed by atoms with E-state index in [2.05, 4.69) is 19.3 Å². The Morgan fingerprint density at radius 2 is 0.867 bits per heavy atom. The quantitative estimate of drug-likeness (QED) is 0.379. The summed E-state index contributed by atoms with van der Waals surface area (Å²) in [6, 6.07) is 0. The molecule has 0 nitrogen and oxygen atoms in total. The molecule has 0 unspecified atom stereocenters. The van der Waals surface area contributed by atoms with Gasteiger partial charge in [0.25, 0.3) is 0 Å². The first-order valence-electron chi connectivity index (χ1n) is 4.97. The van der Waals surface area contributed by atoms with Gasteiger partial charge in [0.15, 0.2) is 0 Å². The molecule has 0 aromatic rings. The van der Waals surface area contributed by atoms with Crippen LogP contribution >= 0.6 is 0 Å². The molecule has 0 fully saturated rings. The van der Waals surface area contributed by atoms with Crippen molar-refractivity contribution in [2.75, 3.05) is 0 Å². The summed E-state index contributed by atoms with van der Waals surface area (Å²) in [5.41, 5.74) is 0. The molecule has 0 amide bonds. The van der Waals surface area contributed by atoms with Crippen LogP contribution in [0.25, 0.3) is 0 Å². The molecule has 0 saturated heterocycles. The molecular formula is C11H14Se4. The molecule has 0 spiro atoms. The minimum atomic E-state index is 0.594. The van der Waals surface area contributed by atoms with E-state index in [-0.39, 0.29) is 0 Å². The van der Waals surface area contributed by atoms with E-state index in [9.17, 15) is 0 Å². The Balaban J connectivity index is 2.21. The summed E-state index contributed by atoms with van der Waals surface area (Å²) < 4.78 is 0. The average molecular weight is 462 g/mol. The molecular weight excluding hydrogens is 448 g/mol. The first-order chi connectivity index (χ1) is 7.50. The van der Waals surface area contributed by atoms with E-state index in [0.717, 1.165) is 0 Å². The van der Waals surface area contributed by atoms with Crippen molar-refractivity contribution in [3.8, 4) is 19.3 Å². The maximum atomic E-state index is 3.37. The van der Waals surface area contributed by atoms with Gasteiger partial charge in [-0.1, -0.05) is 0 Å². The zero-order valence-corrected chi connectivity index (χ0v) is 15.4. The van der Waals surface area contributed by atoms with Crippen molar-refractivity contribution in [3.05, 3.63) is 0 Å². The van der Waals surface area contributed by atoms with Crippen molar-refractivity contribution in [2.45, 2.75) is 40.5 Å². The standard InChI is InChI=1S/C11H14Se4/c1-2-4-12-6-8-14-10-11-15-9-7-13-5-3-1/h1-5,10-11H2. The van der Waals surface area contributed by atoms with Crippen LogP contribution in [0.15, 0.2) is 0 Å². The van der Waals surface area contributed by atoms with E-state index in [1.807, 2.05) is 0 Å². The van der Waals surface area contributed by atoms with Gasteiger partial charge in [0, 0.05) is 0 Å². The summed E-state index contributed by atoms with van der Waals surface area (Å²) in [6.07, 6.45) is 4.20. The van der Waals surface area contributed by atoms with Crippen LogP contribution < -0.4 is 0 Å². The van der Waals surface area contributed by atoms with Crippen LogP contribution in [-0.2, 0) is 0 Å². The van der Waals surface area contributed by atoms with Crippen molar-refractivity contribution >= 4 is 59.8 Å². The second-order valence-corrected chi connectivity index (χ2v) is 10.4. The fraction of sp³-hybridized carbons (Fsp3) is 0.636. The van der Waals surface area contributed by atoms with Crippen molar-refractivity contribution < 1.29 is 0 Å². The normalized spacial score (nSPS) is 19.7. The van der Waals surface area contributed by atoms with Gasteiger partial charge >= 0.3 is 120 Å². The second kappa shape index (κ2) is 11.7. The van der Waals surface area contributed by atoms with Gasteiger partial charge in [-0.05, 0) is 0 Å². The van der Waals surface area contributed by atoms with Gasteiger partial charge in [-0.15, -0.1) is 0 Å². The zero-order valence-electron chi connectivity index (χ0n) is 8.58. The van der Waals surface area contributed by atoms with Crippen molar-refractivity contribution in [3.63, 3.8) is 0 Å². The summed E-state index contributed by atoms with van der Waals surface area (Å²) in [5, 5.41) is 5.41. The Bertz CT molecular complexity index is 238. The Hall–Kier alpha value is 1.20. The van der Waals surface area contributed by atoms with Crippen LogP contribution in [0.5, 0.6) is 0 Å². The maximum absolute atomic E-state index is 3.37. The third kappa shape index (κ3) is 10.1. The minimum absolute atomic E-state index is 0.594. The fourth-order valence-electron chi connectivity index (χ4n) is 0.931. The zero-order chi connectivity index (χ0) is 10.6. The van der Waals surface area contributed by atoms with Crippen LogP contribution in [0.1, 0.15) is 19.3 Å². The monoisotopic (exact) mass is 466 g/mol. The van der Waals surface area contributed by atoms with Gasteiger partial charge in [-0.3, -0.25) is 0 Å². The first-order valence-corrected chi connectivity index (χ1v) is 13.2. The molecule has 1 aliphatic heterocycles. The Kier molecular flexibility index (Phi) is 11.1. The van der Waals surface area contributed by atoms with Crippen LogP contribution in [-0.4, -0.2) is 59.8 Å². The molecule has 1 aliphatic rings. The van der Waals surface area contributed by atoms with E-state index in [1.54, 1.807) is 0 Å². The molecule has 0 bridgehead atoms. The van der Waals surface area contributed by atoms with E-state index < -0.39 is 0 Å². The summed E-state index contributed by atoms with van der Waals surface area (Å²) in [7, 11) is 0. The van der Waals surface area contributed by atoms with Gasteiger partial charge in [0.1, 0.15) is 0 Å². The second-order valence-electron chi connectivity index (χ2n) is 2.86. The molecule has 4 heteroatoms. The molecule has 15 heavy (non-hydrogen) atoms. The van der Waals surface area contributed by atoms with Gasteiger partial charge in [-0.2, -0.15) is 0 Å². The summed E-state index contributed by atoms with van der Waals surface area (Å²) in [5.74, 6) is 0. The molecule has 82 valence electrons. The predicted octanol–water partition coefficient (Wildman–Crippen LogP) is 1.50. The molecule has 1 heterocycles. The number of rotatable bonds is 0. The molecule has 0 aromatic carbocycles. The Morgan fingerprint density at radius 1 is 0.467 bits per heavy atom. The first kappa shape index (κ1) is 14.3. The molecule has 0 saturated carbocycles. The van der Waals surface area contributed by atoms with E-state index in [4.69, 9.17) is 0 Å². The number of hydrogen-bond acceptors (Lipinski definition) is 0.